The molecule has 1 aliphatic rings. The van der Waals surface area contributed by atoms with Gasteiger partial charge >= 0.3 is 0 Å². The maximum Gasteiger partial charge on any atom is 0.137 e. The number of hydrogen-bond donors (Lipinski definition) is 1. The number of nitrogens with zero attached hydrogens (tertiary/aromatic N) is 2. The molecule has 100 valence electrons. The quantitative estimate of drug-likeness (QED) is 0.816. The van der Waals surface area contributed by atoms with Crippen LogP contribution in [0.1, 0.15) is 12.6 Å². The van der Waals surface area contributed by atoms with Crippen molar-refractivity contribution in [1.82, 2.24) is 9.88 Å². The molecule has 18 heavy (non-hydrogen) atoms. The summed E-state index contributed by atoms with van der Waals surface area (Å²) in [6, 6.07) is 4.47. The van der Waals surface area contributed by atoms with Crippen molar-refractivity contribution in [2.45, 2.75) is 19.5 Å². The SMILES string of the molecule is C[C@@H]1CN(Cc2ccc(OCCF)cn2)CC[NH2+]1. The Morgan fingerprint density at radius 2 is 2.44 bits per heavy atom. The van der Waals surface area contributed by atoms with Crippen molar-refractivity contribution < 1.29 is 14.4 Å². The maximum atomic E-state index is 11.9. The monoisotopic (exact) mass is 254 g/mol. The third-order valence-corrected chi connectivity index (χ3v) is 3.09. The van der Waals surface area contributed by atoms with Crippen molar-refractivity contribution >= 4 is 0 Å². The molecule has 0 aromatic carbocycles. The van der Waals surface area contributed by atoms with Crippen LogP contribution in [0.4, 0.5) is 4.39 Å². The van der Waals surface area contributed by atoms with E-state index in [0.717, 1.165) is 31.9 Å². The van der Waals surface area contributed by atoms with Gasteiger partial charge in [-0.3, -0.25) is 9.88 Å². The van der Waals surface area contributed by atoms with Crippen LogP contribution < -0.4 is 10.1 Å². The first-order chi connectivity index (χ1) is 8.78. The Labute approximate surface area is 107 Å². The summed E-state index contributed by atoms with van der Waals surface area (Å²) in [7, 11) is 0. The second kappa shape index (κ2) is 6.66. The van der Waals surface area contributed by atoms with Crippen LogP contribution in [-0.4, -0.2) is 48.8 Å². The fourth-order valence-electron chi connectivity index (χ4n) is 2.23. The smallest absolute Gasteiger partial charge is 0.137 e. The van der Waals surface area contributed by atoms with E-state index in [1.807, 2.05) is 12.1 Å². The highest BCUT2D eigenvalue weighted by molar-refractivity contribution is 5.19. The van der Waals surface area contributed by atoms with E-state index >= 15 is 0 Å². The Balaban J connectivity index is 1.85. The molecule has 4 nitrogen and oxygen atoms in total. The Hall–Kier alpha value is -1.20. The minimum Gasteiger partial charge on any atom is -0.489 e. The average molecular weight is 254 g/mol. The summed E-state index contributed by atoms with van der Waals surface area (Å²) in [5, 5.41) is 2.37. The van der Waals surface area contributed by atoms with E-state index in [9.17, 15) is 4.39 Å². The normalized spacial score (nSPS) is 20.9. The molecular formula is C13H21FN3O+. The molecule has 1 aromatic heterocycles. The van der Waals surface area contributed by atoms with Gasteiger partial charge in [0, 0.05) is 13.1 Å². The molecule has 0 saturated carbocycles. The second-order valence-electron chi connectivity index (χ2n) is 4.76. The molecule has 1 aliphatic heterocycles. The van der Waals surface area contributed by atoms with Crippen molar-refractivity contribution in [1.29, 1.82) is 0 Å². The number of piperazine rings is 1. The lowest BCUT2D eigenvalue weighted by atomic mass is 10.2. The first-order valence-electron chi connectivity index (χ1n) is 6.47. The number of halogens is 1. The second-order valence-corrected chi connectivity index (χ2v) is 4.76. The number of pyridine rings is 1. The summed E-state index contributed by atoms with van der Waals surface area (Å²) in [6.45, 7) is 6.10. The molecule has 1 fully saturated rings. The first kappa shape index (κ1) is 13.2. The van der Waals surface area contributed by atoms with E-state index in [-0.39, 0.29) is 6.61 Å². The molecule has 0 radical (unpaired) electrons. The van der Waals surface area contributed by atoms with Gasteiger partial charge in [0.05, 0.1) is 31.0 Å². The van der Waals surface area contributed by atoms with E-state index in [0.29, 0.717) is 11.8 Å². The third kappa shape index (κ3) is 3.92. The van der Waals surface area contributed by atoms with Crippen molar-refractivity contribution in [2.24, 2.45) is 0 Å². The fraction of sp³-hybridized carbons (Fsp3) is 0.615. The van der Waals surface area contributed by atoms with Crippen molar-refractivity contribution in [3.05, 3.63) is 24.0 Å². The van der Waals surface area contributed by atoms with Crippen LogP contribution in [0.25, 0.3) is 0 Å². The molecule has 1 atom stereocenters. The molecule has 5 heteroatoms. The minimum atomic E-state index is -0.468. The zero-order chi connectivity index (χ0) is 12.8. The Bertz CT molecular complexity index is 358. The van der Waals surface area contributed by atoms with Gasteiger partial charge in [0.1, 0.15) is 19.0 Å². The molecule has 0 unspecified atom stereocenters. The van der Waals surface area contributed by atoms with Gasteiger partial charge in [0.25, 0.3) is 0 Å². The zero-order valence-electron chi connectivity index (χ0n) is 10.8. The summed E-state index contributed by atoms with van der Waals surface area (Å²) in [5.74, 6) is 0.636. The van der Waals surface area contributed by atoms with E-state index in [1.54, 1.807) is 6.20 Å². The highest BCUT2D eigenvalue weighted by Gasteiger charge is 2.18. The zero-order valence-corrected chi connectivity index (χ0v) is 10.8. The van der Waals surface area contributed by atoms with Gasteiger partial charge in [-0.2, -0.15) is 0 Å². The van der Waals surface area contributed by atoms with Crippen molar-refractivity contribution in [2.75, 3.05) is 32.9 Å². The molecule has 2 heterocycles. The number of hydrogen-bond acceptors (Lipinski definition) is 3. The van der Waals surface area contributed by atoms with Gasteiger partial charge in [0.2, 0.25) is 0 Å². The van der Waals surface area contributed by atoms with Crippen LogP contribution in [0.3, 0.4) is 0 Å². The predicted octanol–water partition coefficient (Wildman–Crippen LogP) is 0.197. The summed E-state index contributed by atoms with van der Waals surface area (Å²) < 4.78 is 17.1. The number of nitrogens with two attached hydrogens (primary N) is 1. The Kier molecular flexibility index (Phi) is 4.90. The van der Waals surface area contributed by atoms with Crippen molar-refractivity contribution in [3.8, 4) is 5.75 Å². The molecular weight excluding hydrogens is 233 g/mol. The van der Waals surface area contributed by atoms with Crippen LogP contribution in [-0.2, 0) is 6.54 Å². The number of quaternary nitrogens is 1. The number of alkyl halides is 1. The maximum absolute atomic E-state index is 11.9. The third-order valence-electron chi connectivity index (χ3n) is 3.09. The molecule has 0 bridgehead atoms. The molecule has 2 N–H and O–H groups in total. The van der Waals surface area contributed by atoms with Crippen LogP contribution in [0, 0.1) is 0 Å². The molecule has 1 aromatic rings. The van der Waals surface area contributed by atoms with Crippen LogP contribution in [0.15, 0.2) is 18.3 Å². The highest BCUT2D eigenvalue weighted by atomic mass is 19.1. The lowest BCUT2D eigenvalue weighted by molar-refractivity contribution is -0.695. The van der Waals surface area contributed by atoms with E-state index < -0.39 is 6.67 Å². The predicted molar refractivity (Wildman–Crippen MR) is 67.2 cm³/mol. The standard InChI is InChI=1S/C13H20FN3O/c1-11-9-17(6-5-15-11)10-12-2-3-13(8-16-12)18-7-4-14/h2-3,8,11,15H,4-7,9-10H2,1H3/p+1/t11-/m1/s1. The lowest BCUT2D eigenvalue weighted by Gasteiger charge is -2.28. The Morgan fingerprint density at radius 1 is 1.56 bits per heavy atom. The van der Waals surface area contributed by atoms with E-state index in [2.05, 4.69) is 22.1 Å². The van der Waals surface area contributed by atoms with Gasteiger partial charge in [-0.1, -0.05) is 0 Å². The Morgan fingerprint density at radius 3 is 3.11 bits per heavy atom. The summed E-state index contributed by atoms with van der Waals surface area (Å²) >= 11 is 0. The molecule has 1 saturated heterocycles. The largest absolute Gasteiger partial charge is 0.489 e. The molecule has 0 spiro atoms. The van der Waals surface area contributed by atoms with Crippen LogP contribution in [0.2, 0.25) is 0 Å². The molecule has 2 rings (SSSR count). The summed E-state index contributed by atoms with van der Waals surface area (Å²) in [6.07, 6.45) is 1.67. The van der Waals surface area contributed by atoms with Gasteiger partial charge in [-0.25, -0.2) is 4.39 Å². The van der Waals surface area contributed by atoms with E-state index in [1.165, 1.54) is 0 Å². The van der Waals surface area contributed by atoms with Gasteiger partial charge in [0.15, 0.2) is 0 Å². The summed E-state index contributed by atoms with van der Waals surface area (Å²) in [4.78, 5) is 6.76. The topological polar surface area (TPSA) is 42.0 Å². The van der Waals surface area contributed by atoms with Gasteiger partial charge in [-0.05, 0) is 19.1 Å². The fourth-order valence-corrected chi connectivity index (χ4v) is 2.23. The van der Waals surface area contributed by atoms with Gasteiger partial charge < -0.3 is 10.1 Å². The molecule has 0 amide bonds. The lowest BCUT2D eigenvalue weighted by Crippen LogP contribution is -2.94. The first-order valence-corrected chi connectivity index (χ1v) is 6.47. The van der Waals surface area contributed by atoms with Gasteiger partial charge in [-0.15, -0.1) is 0 Å². The number of rotatable bonds is 5. The highest BCUT2D eigenvalue weighted by Crippen LogP contribution is 2.11. The summed E-state index contributed by atoms with van der Waals surface area (Å²) in [5.41, 5.74) is 1.04. The van der Waals surface area contributed by atoms with Crippen molar-refractivity contribution in [3.63, 3.8) is 0 Å². The van der Waals surface area contributed by atoms with E-state index in [4.69, 9.17) is 4.74 Å². The number of aromatic nitrogens is 1. The van der Waals surface area contributed by atoms with Crippen LogP contribution >= 0.6 is 0 Å². The average Bonchev–Trinajstić information content (AvgIpc) is 2.38. The van der Waals surface area contributed by atoms with Crippen LogP contribution in [0.5, 0.6) is 5.75 Å². The molecule has 0 aliphatic carbocycles. The number of ether oxygens (including phenoxy) is 1. The minimum absolute atomic E-state index is 0.0977.